The van der Waals surface area contributed by atoms with E-state index in [1.54, 1.807) is 54.6 Å². The van der Waals surface area contributed by atoms with E-state index in [9.17, 15) is 18.0 Å². The summed E-state index contributed by atoms with van der Waals surface area (Å²) < 4.78 is 35.8. The maximum absolute atomic E-state index is 12.8. The summed E-state index contributed by atoms with van der Waals surface area (Å²) in [4.78, 5) is 26.6. The summed E-state index contributed by atoms with van der Waals surface area (Å²) in [5, 5.41) is -0.395. The number of para-hydroxylation sites is 1. The van der Waals surface area contributed by atoms with E-state index in [-0.39, 0.29) is 21.3 Å². The van der Waals surface area contributed by atoms with Crippen LogP contribution in [-0.4, -0.2) is 26.7 Å². The molecule has 4 rings (SSSR count). The Hall–Kier alpha value is -3.56. The van der Waals surface area contributed by atoms with Gasteiger partial charge in [0.25, 0.3) is 11.1 Å². The summed E-state index contributed by atoms with van der Waals surface area (Å²) in [5.41, 5.74) is 1.96. The van der Waals surface area contributed by atoms with Gasteiger partial charge in [-0.2, -0.15) is 8.42 Å². The number of hydrogen-bond donors (Lipinski definition) is 0. The normalized spacial score (nSPS) is 15.2. The number of anilines is 1. The molecule has 1 aliphatic rings. The zero-order valence-corrected chi connectivity index (χ0v) is 19.4. The van der Waals surface area contributed by atoms with Crippen molar-refractivity contribution >= 4 is 44.8 Å². The summed E-state index contributed by atoms with van der Waals surface area (Å²) >= 11 is 0.828. The van der Waals surface area contributed by atoms with E-state index >= 15 is 0 Å². The number of hydrogen-bond acceptors (Lipinski definition) is 7. The number of carbonyl (C=O) groups is 2. The first kappa shape index (κ1) is 22.6. The molecule has 0 saturated carbocycles. The third-order valence-electron chi connectivity index (χ3n) is 4.80. The maximum atomic E-state index is 12.8. The lowest BCUT2D eigenvalue weighted by atomic mass is 10.2. The number of carbonyl (C=O) groups excluding carboxylic acids is 2. The van der Waals surface area contributed by atoms with Crippen molar-refractivity contribution in [2.24, 2.45) is 0 Å². The molecule has 0 bridgehead atoms. The molecule has 33 heavy (non-hydrogen) atoms. The number of nitrogens with zero attached hydrogens (tertiary/aromatic N) is 1. The smallest absolute Gasteiger partial charge is 0.339 e. The van der Waals surface area contributed by atoms with Crippen LogP contribution in [0.3, 0.4) is 0 Å². The van der Waals surface area contributed by atoms with Gasteiger partial charge in [0.05, 0.1) is 17.7 Å². The van der Waals surface area contributed by atoms with Crippen LogP contribution in [0.15, 0.2) is 82.6 Å². The fraction of sp³-hybridized carbons (Fsp3) is 0.0833. The zero-order chi connectivity index (χ0) is 23.6. The Kier molecular flexibility index (Phi) is 6.26. The summed E-state index contributed by atoms with van der Waals surface area (Å²) in [6.07, 6.45) is 1.55. The fourth-order valence-corrected chi connectivity index (χ4v) is 4.91. The van der Waals surface area contributed by atoms with Crippen molar-refractivity contribution in [3.05, 3.63) is 88.8 Å². The molecule has 1 saturated heterocycles. The number of aryl methyl sites for hydroxylation is 1. The van der Waals surface area contributed by atoms with Gasteiger partial charge in [-0.05, 0) is 66.7 Å². The Morgan fingerprint density at radius 1 is 0.909 bits per heavy atom. The van der Waals surface area contributed by atoms with Gasteiger partial charge < -0.3 is 8.92 Å². The van der Waals surface area contributed by atoms with Crippen LogP contribution in [0, 0.1) is 6.92 Å². The fourth-order valence-electron chi connectivity index (χ4n) is 3.13. The van der Waals surface area contributed by atoms with E-state index in [1.807, 2.05) is 6.92 Å². The number of imide groups is 1. The van der Waals surface area contributed by atoms with Gasteiger partial charge in [0.1, 0.15) is 4.90 Å². The van der Waals surface area contributed by atoms with Crippen molar-refractivity contribution in [2.75, 3.05) is 12.0 Å². The Balaban J connectivity index is 1.59. The van der Waals surface area contributed by atoms with Crippen LogP contribution in [0.5, 0.6) is 11.5 Å². The van der Waals surface area contributed by atoms with Crippen molar-refractivity contribution in [1.82, 2.24) is 0 Å². The van der Waals surface area contributed by atoms with Crippen LogP contribution in [-0.2, 0) is 14.9 Å². The molecule has 0 atom stereocenters. The van der Waals surface area contributed by atoms with Crippen molar-refractivity contribution in [2.45, 2.75) is 11.8 Å². The number of thioether (sulfide) groups is 1. The van der Waals surface area contributed by atoms with Crippen LogP contribution in [0.2, 0.25) is 0 Å². The molecule has 0 aromatic heterocycles. The minimum absolute atomic E-state index is 0.00705. The molecule has 168 valence electrons. The van der Waals surface area contributed by atoms with E-state index in [0.29, 0.717) is 11.3 Å². The standard InChI is InChI=1S/C24H19NO6S2/c1-16-8-11-19(12-9-16)33(28,29)31-20-13-10-17(14-21(20)30-2)15-22-23(26)25(24(27)32-22)18-6-4-3-5-7-18/h3-15H,1-2H3/b22-15+. The number of rotatable bonds is 6. The van der Waals surface area contributed by atoms with Crippen LogP contribution < -0.4 is 13.8 Å². The lowest BCUT2D eigenvalue weighted by Gasteiger charge is -2.12. The number of ether oxygens (including phenoxy) is 1. The maximum Gasteiger partial charge on any atom is 0.339 e. The average molecular weight is 482 g/mol. The van der Waals surface area contributed by atoms with E-state index in [4.69, 9.17) is 8.92 Å². The molecule has 0 radical (unpaired) electrons. The van der Waals surface area contributed by atoms with Gasteiger partial charge in [-0.3, -0.25) is 9.59 Å². The van der Waals surface area contributed by atoms with Crippen LogP contribution in [0.25, 0.3) is 6.08 Å². The summed E-state index contributed by atoms with van der Waals surface area (Å²) in [5.74, 6) is -0.258. The van der Waals surface area contributed by atoms with Gasteiger partial charge in [-0.15, -0.1) is 0 Å². The molecule has 1 fully saturated rings. The molecule has 3 aromatic carbocycles. The van der Waals surface area contributed by atoms with E-state index in [0.717, 1.165) is 22.2 Å². The molecule has 3 aromatic rings. The second-order valence-electron chi connectivity index (χ2n) is 7.11. The second kappa shape index (κ2) is 9.13. The topological polar surface area (TPSA) is 90.0 Å². The highest BCUT2D eigenvalue weighted by atomic mass is 32.2. The predicted molar refractivity (Wildman–Crippen MR) is 127 cm³/mol. The minimum Gasteiger partial charge on any atom is -0.493 e. The molecule has 0 unspecified atom stereocenters. The van der Waals surface area contributed by atoms with Crippen LogP contribution in [0.1, 0.15) is 11.1 Å². The van der Waals surface area contributed by atoms with Crippen molar-refractivity contribution in [3.8, 4) is 11.5 Å². The Morgan fingerprint density at radius 3 is 2.27 bits per heavy atom. The van der Waals surface area contributed by atoms with Gasteiger partial charge in [0.15, 0.2) is 11.5 Å². The number of amides is 2. The van der Waals surface area contributed by atoms with E-state index < -0.39 is 21.3 Å². The second-order valence-corrected chi connectivity index (χ2v) is 9.65. The minimum atomic E-state index is -4.06. The SMILES string of the molecule is COc1cc(/C=C2/SC(=O)N(c3ccccc3)C2=O)ccc1OS(=O)(=O)c1ccc(C)cc1. The summed E-state index contributed by atoms with van der Waals surface area (Å²) in [6.45, 7) is 1.85. The quantitative estimate of drug-likeness (QED) is 0.361. The van der Waals surface area contributed by atoms with Crippen molar-refractivity contribution in [3.63, 3.8) is 0 Å². The lowest BCUT2D eigenvalue weighted by Crippen LogP contribution is -2.27. The highest BCUT2D eigenvalue weighted by Crippen LogP contribution is 2.37. The van der Waals surface area contributed by atoms with Crippen LogP contribution >= 0.6 is 11.8 Å². The highest BCUT2D eigenvalue weighted by molar-refractivity contribution is 8.19. The van der Waals surface area contributed by atoms with Crippen molar-refractivity contribution < 1.29 is 26.9 Å². The first-order chi connectivity index (χ1) is 15.8. The number of benzene rings is 3. The van der Waals surface area contributed by atoms with Gasteiger partial charge in [0, 0.05) is 0 Å². The molecule has 1 aliphatic heterocycles. The average Bonchev–Trinajstić information content (AvgIpc) is 3.08. The Labute approximate surface area is 195 Å². The Bertz CT molecular complexity index is 1350. The molecule has 2 amide bonds. The third kappa shape index (κ3) is 4.79. The first-order valence-electron chi connectivity index (χ1n) is 9.81. The molecule has 0 N–H and O–H groups in total. The monoisotopic (exact) mass is 481 g/mol. The molecule has 7 nitrogen and oxygen atoms in total. The van der Waals surface area contributed by atoms with E-state index in [2.05, 4.69) is 0 Å². The molecule has 0 spiro atoms. The Morgan fingerprint density at radius 2 is 1.61 bits per heavy atom. The molecular weight excluding hydrogens is 462 g/mol. The zero-order valence-electron chi connectivity index (χ0n) is 17.7. The van der Waals surface area contributed by atoms with Crippen molar-refractivity contribution in [1.29, 1.82) is 0 Å². The molecule has 1 heterocycles. The highest BCUT2D eigenvalue weighted by Gasteiger charge is 2.36. The summed E-state index contributed by atoms with van der Waals surface area (Å²) in [6, 6.07) is 19.5. The van der Waals surface area contributed by atoms with Crippen LogP contribution in [0.4, 0.5) is 10.5 Å². The van der Waals surface area contributed by atoms with Gasteiger partial charge in [-0.1, -0.05) is 42.0 Å². The molecule has 0 aliphatic carbocycles. The third-order valence-corrected chi connectivity index (χ3v) is 6.92. The van der Waals surface area contributed by atoms with E-state index in [1.165, 1.54) is 31.4 Å². The first-order valence-corrected chi connectivity index (χ1v) is 12.0. The lowest BCUT2D eigenvalue weighted by molar-refractivity contribution is -0.113. The van der Waals surface area contributed by atoms with Gasteiger partial charge in [0.2, 0.25) is 0 Å². The van der Waals surface area contributed by atoms with Gasteiger partial charge >= 0.3 is 10.1 Å². The largest absolute Gasteiger partial charge is 0.493 e. The van der Waals surface area contributed by atoms with Gasteiger partial charge in [-0.25, -0.2) is 4.90 Å². The summed E-state index contributed by atoms with van der Waals surface area (Å²) in [7, 11) is -2.67. The predicted octanol–water partition coefficient (Wildman–Crippen LogP) is 5.01. The number of methoxy groups -OCH3 is 1. The molecule has 9 heteroatoms. The molecular formula is C24H19NO6S2.